The van der Waals surface area contributed by atoms with E-state index in [9.17, 15) is 0 Å². The van der Waals surface area contributed by atoms with E-state index in [1.54, 1.807) is 11.3 Å². The average Bonchev–Trinajstić information content (AvgIpc) is 2.84. The minimum absolute atomic E-state index is 0.989. The summed E-state index contributed by atoms with van der Waals surface area (Å²) >= 11 is 3.07. The minimum Gasteiger partial charge on any atom is -0.173 e. The molecule has 0 bridgehead atoms. The van der Waals surface area contributed by atoms with Crippen LogP contribution in [0, 0.1) is 6.92 Å². The first-order valence-corrected chi connectivity index (χ1v) is 6.17. The SMILES string of the molecule is Cc1ccc(-c2cccc3nsnc23)s1. The van der Waals surface area contributed by atoms with Gasteiger partial charge in [-0.2, -0.15) is 8.75 Å². The molecule has 0 atom stereocenters. The molecular formula is C11H8N2S2. The van der Waals surface area contributed by atoms with Gasteiger partial charge in [0, 0.05) is 15.3 Å². The van der Waals surface area contributed by atoms with E-state index in [-0.39, 0.29) is 0 Å². The van der Waals surface area contributed by atoms with Crippen molar-refractivity contribution in [2.24, 2.45) is 0 Å². The summed E-state index contributed by atoms with van der Waals surface area (Å²) in [6, 6.07) is 10.4. The Morgan fingerprint density at radius 2 is 2.00 bits per heavy atom. The molecular weight excluding hydrogens is 224 g/mol. The van der Waals surface area contributed by atoms with E-state index in [0.717, 1.165) is 11.0 Å². The number of thiophene rings is 1. The lowest BCUT2D eigenvalue weighted by Crippen LogP contribution is -1.75. The van der Waals surface area contributed by atoms with Gasteiger partial charge >= 0.3 is 0 Å². The molecule has 2 heterocycles. The lowest BCUT2D eigenvalue weighted by Gasteiger charge is -1.96. The van der Waals surface area contributed by atoms with Crippen molar-refractivity contribution in [2.45, 2.75) is 6.92 Å². The van der Waals surface area contributed by atoms with E-state index in [1.807, 2.05) is 12.1 Å². The van der Waals surface area contributed by atoms with Crippen LogP contribution in [0.4, 0.5) is 0 Å². The number of nitrogens with zero attached hydrogens (tertiary/aromatic N) is 2. The Hall–Kier alpha value is -1.26. The molecule has 0 fully saturated rings. The van der Waals surface area contributed by atoms with Gasteiger partial charge in [-0.15, -0.1) is 11.3 Å². The molecule has 0 radical (unpaired) electrons. The monoisotopic (exact) mass is 232 g/mol. The van der Waals surface area contributed by atoms with Gasteiger partial charge in [-0.25, -0.2) is 0 Å². The van der Waals surface area contributed by atoms with Crippen LogP contribution in [0.2, 0.25) is 0 Å². The molecule has 0 aliphatic carbocycles. The zero-order valence-electron chi connectivity index (χ0n) is 8.10. The van der Waals surface area contributed by atoms with E-state index < -0.39 is 0 Å². The normalized spacial score (nSPS) is 11.0. The van der Waals surface area contributed by atoms with Crippen molar-refractivity contribution in [1.82, 2.24) is 8.75 Å². The third kappa shape index (κ3) is 1.46. The first-order valence-electron chi connectivity index (χ1n) is 4.63. The second kappa shape index (κ2) is 3.40. The summed E-state index contributed by atoms with van der Waals surface area (Å²) in [4.78, 5) is 2.59. The molecule has 0 saturated carbocycles. The van der Waals surface area contributed by atoms with E-state index >= 15 is 0 Å². The van der Waals surface area contributed by atoms with Gasteiger partial charge in [0.2, 0.25) is 0 Å². The van der Waals surface area contributed by atoms with Crippen molar-refractivity contribution >= 4 is 34.1 Å². The van der Waals surface area contributed by atoms with Gasteiger partial charge in [0.1, 0.15) is 11.0 Å². The van der Waals surface area contributed by atoms with Gasteiger partial charge in [0.15, 0.2) is 0 Å². The molecule has 0 unspecified atom stereocenters. The fraction of sp³-hybridized carbons (Fsp3) is 0.0909. The number of aryl methyl sites for hydroxylation is 1. The van der Waals surface area contributed by atoms with Crippen LogP contribution in [0.3, 0.4) is 0 Å². The second-order valence-corrected chi connectivity index (χ2v) is 5.16. The number of fused-ring (bicyclic) bond motifs is 1. The Morgan fingerprint density at radius 3 is 2.80 bits per heavy atom. The molecule has 0 spiro atoms. The van der Waals surface area contributed by atoms with E-state index in [4.69, 9.17) is 0 Å². The Morgan fingerprint density at radius 1 is 1.07 bits per heavy atom. The number of benzene rings is 1. The third-order valence-electron chi connectivity index (χ3n) is 2.29. The van der Waals surface area contributed by atoms with Crippen LogP contribution in [0.15, 0.2) is 30.3 Å². The lowest BCUT2D eigenvalue weighted by atomic mass is 10.1. The summed E-state index contributed by atoms with van der Waals surface area (Å²) in [5, 5.41) is 0. The fourth-order valence-electron chi connectivity index (χ4n) is 1.58. The molecule has 15 heavy (non-hydrogen) atoms. The van der Waals surface area contributed by atoms with Crippen LogP contribution in [0.25, 0.3) is 21.5 Å². The molecule has 0 saturated heterocycles. The van der Waals surface area contributed by atoms with E-state index in [1.165, 1.54) is 27.0 Å². The summed E-state index contributed by atoms with van der Waals surface area (Å²) in [6.45, 7) is 2.12. The van der Waals surface area contributed by atoms with Gasteiger partial charge in [-0.05, 0) is 25.1 Å². The highest BCUT2D eigenvalue weighted by molar-refractivity contribution is 7.15. The predicted octanol–water partition coefficient (Wildman–Crippen LogP) is 3.73. The number of hydrogen-bond donors (Lipinski definition) is 0. The molecule has 2 nitrogen and oxygen atoms in total. The molecule has 2 aromatic heterocycles. The van der Waals surface area contributed by atoms with E-state index in [2.05, 4.69) is 33.9 Å². The van der Waals surface area contributed by atoms with Gasteiger partial charge in [-0.3, -0.25) is 0 Å². The van der Waals surface area contributed by atoms with Crippen LogP contribution < -0.4 is 0 Å². The molecule has 1 aromatic carbocycles. The maximum absolute atomic E-state index is 4.34. The molecule has 74 valence electrons. The molecule has 0 N–H and O–H groups in total. The first kappa shape index (κ1) is 9.00. The third-order valence-corrected chi connectivity index (χ3v) is 3.87. The number of hydrogen-bond acceptors (Lipinski definition) is 4. The Bertz CT molecular complexity index is 610. The second-order valence-electron chi connectivity index (χ2n) is 3.35. The van der Waals surface area contributed by atoms with Crippen LogP contribution in [0.1, 0.15) is 4.88 Å². The van der Waals surface area contributed by atoms with Gasteiger partial charge < -0.3 is 0 Å². The van der Waals surface area contributed by atoms with Crippen molar-refractivity contribution in [2.75, 3.05) is 0 Å². The highest BCUT2D eigenvalue weighted by Gasteiger charge is 2.08. The molecule has 0 aliphatic heterocycles. The topological polar surface area (TPSA) is 25.8 Å². The van der Waals surface area contributed by atoms with Crippen molar-refractivity contribution in [3.05, 3.63) is 35.2 Å². The molecule has 0 amide bonds. The highest BCUT2D eigenvalue weighted by atomic mass is 32.1. The average molecular weight is 232 g/mol. The summed E-state index contributed by atoms with van der Waals surface area (Å²) in [7, 11) is 0. The van der Waals surface area contributed by atoms with Crippen molar-refractivity contribution in [3.8, 4) is 10.4 Å². The van der Waals surface area contributed by atoms with Gasteiger partial charge in [0.05, 0.1) is 11.7 Å². The quantitative estimate of drug-likeness (QED) is 0.639. The maximum atomic E-state index is 4.34. The van der Waals surface area contributed by atoms with Crippen molar-refractivity contribution in [3.63, 3.8) is 0 Å². The smallest absolute Gasteiger partial charge is 0.113 e. The summed E-state index contributed by atoms with van der Waals surface area (Å²) in [5.41, 5.74) is 3.20. The van der Waals surface area contributed by atoms with Gasteiger partial charge in [0.25, 0.3) is 0 Å². The minimum atomic E-state index is 0.989. The molecule has 0 aliphatic rings. The standard InChI is InChI=1S/C11H8N2S2/c1-7-5-6-10(14-7)8-3-2-4-9-11(8)13-15-12-9/h2-6H,1H3. The lowest BCUT2D eigenvalue weighted by molar-refractivity contribution is 1.63. The van der Waals surface area contributed by atoms with Crippen molar-refractivity contribution < 1.29 is 0 Å². The fourth-order valence-corrected chi connectivity index (χ4v) is 3.03. The largest absolute Gasteiger partial charge is 0.173 e. The number of aromatic nitrogens is 2. The zero-order valence-corrected chi connectivity index (χ0v) is 9.73. The van der Waals surface area contributed by atoms with Crippen LogP contribution >= 0.6 is 23.1 Å². The molecule has 4 heteroatoms. The first-order chi connectivity index (χ1) is 7.34. The Labute approximate surface area is 95.5 Å². The summed E-state index contributed by atoms with van der Waals surface area (Å²) in [6.07, 6.45) is 0. The van der Waals surface area contributed by atoms with E-state index in [0.29, 0.717) is 0 Å². The van der Waals surface area contributed by atoms with Gasteiger partial charge in [-0.1, -0.05) is 12.1 Å². The molecule has 3 rings (SSSR count). The summed E-state index contributed by atoms with van der Waals surface area (Å²) in [5.74, 6) is 0. The highest BCUT2D eigenvalue weighted by Crippen LogP contribution is 2.32. The Balaban J connectivity index is 2.30. The van der Waals surface area contributed by atoms with Crippen LogP contribution in [-0.4, -0.2) is 8.75 Å². The maximum Gasteiger partial charge on any atom is 0.113 e. The van der Waals surface area contributed by atoms with Crippen molar-refractivity contribution in [1.29, 1.82) is 0 Å². The predicted molar refractivity (Wildman–Crippen MR) is 65.5 cm³/mol. The zero-order chi connectivity index (χ0) is 10.3. The summed E-state index contributed by atoms with van der Waals surface area (Å²) < 4.78 is 8.59. The number of rotatable bonds is 1. The van der Waals surface area contributed by atoms with Crippen LogP contribution in [0.5, 0.6) is 0 Å². The Kier molecular flexibility index (Phi) is 2.04. The molecule has 3 aromatic rings. The van der Waals surface area contributed by atoms with Crippen LogP contribution in [-0.2, 0) is 0 Å².